The van der Waals surface area contributed by atoms with E-state index in [1.54, 1.807) is 18.2 Å². The molecule has 20 heavy (non-hydrogen) atoms. The number of hydrogen-bond donors (Lipinski definition) is 2. The first-order chi connectivity index (χ1) is 9.65. The van der Waals surface area contributed by atoms with Crippen LogP contribution in [0.2, 0.25) is 0 Å². The summed E-state index contributed by atoms with van der Waals surface area (Å²) >= 11 is 1.36. The van der Waals surface area contributed by atoms with Crippen LogP contribution in [0.1, 0.15) is 27.9 Å². The lowest BCUT2D eigenvalue weighted by atomic mass is 10.1. The van der Waals surface area contributed by atoms with Crippen LogP contribution in [0.5, 0.6) is 0 Å². The molecule has 1 aromatic heterocycles. The molecule has 3 rings (SSSR count). The summed E-state index contributed by atoms with van der Waals surface area (Å²) in [5.41, 5.74) is 2.12. The number of nitrogens with one attached hydrogen (secondary N) is 2. The van der Waals surface area contributed by atoms with Crippen molar-refractivity contribution in [1.29, 1.82) is 0 Å². The fraction of sp³-hybridized carbons (Fsp3) is 0.231. The number of aryl methyl sites for hydroxylation is 1. The number of amides is 2. The normalized spacial score (nSPS) is 12.9. The fourth-order valence-corrected chi connectivity index (χ4v) is 2.66. The molecule has 7 heteroatoms. The molecule has 0 fully saturated rings. The summed E-state index contributed by atoms with van der Waals surface area (Å²) in [5.74, 6) is -0.291. The summed E-state index contributed by atoms with van der Waals surface area (Å²) in [6, 6.07) is 5.15. The Morgan fingerprint density at radius 3 is 3.05 bits per heavy atom. The van der Waals surface area contributed by atoms with Gasteiger partial charge in [0, 0.05) is 11.3 Å². The highest BCUT2D eigenvalue weighted by Crippen LogP contribution is 2.24. The number of hydrogen-bond acceptors (Lipinski definition) is 5. The molecule has 2 heterocycles. The van der Waals surface area contributed by atoms with Gasteiger partial charge in [-0.1, -0.05) is 18.3 Å². The lowest BCUT2D eigenvalue weighted by molar-refractivity contribution is -0.115. The minimum absolute atomic E-state index is 0.0470. The molecule has 102 valence electrons. The Kier molecular flexibility index (Phi) is 3.19. The molecular formula is C13H12N4O2S. The lowest BCUT2D eigenvalue weighted by Gasteiger charge is -2.03. The van der Waals surface area contributed by atoms with E-state index < -0.39 is 0 Å². The predicted octanol–water partition coefficient (Wildman–Crippen LogP) is 1.85. The number of carbonyl (C=O) groups is 2. The Hall–Kier alpha value is -2.28. The van der Waals surface area contributed by atoms with Gasteiger partial charge < -0.3 is 5.32 Å². The number of fused-ring (bicyclic) bond motifs is 1. The SMILES string of the molecule is CCc1nnc(NC(=O)c2ccc3c(c2)CC(=O)N3)s1. The predicted molar refractivity (Wildman–Crippen MR) is 76.0 cm³/mol. The molecule has 2 N–H and O–H groups in total. The average Bonchev–Trinajstić information content (AvgIpc) is 3.02. The molecule has 1 aromatic carbocycles. The van der Waals surface area contributed by atoms with Crippen LogP contribution in [0.25, 0.3) is 0 Å². The van der Waals surface area contributed by atoms with Gasteiger partial charge in [0.15, 0.2) is 0 Å². The Balaban J connectivity index is 1.77. The molecule has 0 radical (unpaired) electrons. The second-order valence-corrected chi connectivity index (χ2v) is 5.47. The van der Waals surface area contributed by atoms with Gasteiger partial charge in [-0.2, -0.15) is 0 Å². The van der Waals surface area contributed by atoms with Gasteiger partial charge in [-0.15, -0.1) is 10.2 Å². The maximum atomic E-state index is 12.1. The first-order valence-electron chi connectivity index (χ1n) is 6.22. The van der Waals surface area contributed by atoms with E-state index in [4.69, 9.17) is 0 Å². The summed E-state index contributed by atoms with van der Waals surface area (Å²) in [6.45, 7) is 1.98. The van der Waals surface area contributed by atoms with Gasteiger partial charge in [0.05, 0.1) is 6.42 Å². The third-order valence-corrected chi connectivity index (χ3v) is 3.97. The first kappa shape index (κ1) is 12.7. The van der Waals surface area contributed by atoms with Gasteiger partial charge in [0.1, 0.15) is 5.01 Å². The van der Waals surface area contributed by atoms with Crippen molar-refractivity contribution in [2.75, 3.05) is 10.6 Å². The van der Waals surface area contributed by atoms with Crippen molar-refractivity contribution in [1.82, 2.24) is 10.2 Å². The van der Waals surface area contributed by atoms with Crippen LogP contribution in [0, 0.1) is 0 Å². The smallest absolute Gasteiger partial charge is 0.257 e. The zero-order valence-corrected chi connectivity index (χ0v) is 11.6. The zero-order valence-electron chi connectivity index (χ0n) is 10.8. The highest BCUT2D eigenvalue weighted by Gasteiger charge is 2.19. The van der Waals surface area contributed by atoms with Gasteiger partial charge in [-0.05, 0) is 30.2 Å². The van der Waals surface area contributed by atoms with Crippen molar-refractivity contribution < 1.29 is 9.59 Å². The van der Waals surface area contributed by atoms with Crippen LogP contribution in [0.4, 0.5) is 10.8 Å². The second kappa shape index (κ2) is 5.01. The number of aromatic nitrogens is 2. The van der Waals surface area contributed by atoms with Crippen LogP contribution >= 0.6 is 11.3 Å². The van der Waals surface area contributed by atoms with Gasteiger partial charge in [-0.3, -0.25) is 14.9 Å². The second-order valence-electron chi connectivity index (χ2n) is 4.41. The Morgan fingerprint density at radius 1 is 1.45 bits per heavy atom. The van der Waals surface area contributed by atoms with Crippen molar-refractivity contribution in [2.24, 2.45) is 0 Å². The molecular weight excluding hydrogens is 276 g/mol. The number of benzene rings is 1. The highest BCUT2D eigenvalue weighted by atomic mass is 32.1. The molecule has 0 spiro atoms. The molecule has 0 aliphatic carbocycles. The lowest BCUT2D eigenvalue weighted by Crippen LogP contribution is -2.11. The van der Waals surface area contributed by atoms with Crippen LogP contribution in [-0.4, -0.2) is 22.0 Å². The van der Waals surface area contributed by atoms with E-state index in [9.17, 15) is 9.59 Å². The summed E-state index contributed by atoms with van der Waals surface area (Å²) < 4.78 is 0. The maximum absolute atomic E-state index is 12.1. The quantitative estimate of drug-likeness (QED) is 0.902. The van der Waals surface area contributed by atoms with Crippen molar-refractivity contribution >= 4 is 34.0 Å². The van der Waals surface area contributed by atoms with Gasteiger partial charge in [0.25, 0.3) is 5.91 Å². The highest BCUT2D eigenvalue weighted by molar-refractivity contribution is 7.15. The van der Waals surface area contributed by atoms with Crippen molar-refractivity contribution in [3.05, 3.63) is 34.3 Å². The van der Waals surface area contributed by atoms with Crippen LogP contribution in [0.3, 0.4) is 0 Å². The third-order valence-electron chi connectivity index (χ3n) is 2.98. The Bertz CT molecular complexity index is 695. The number of anilines is 2. The topological polar surface area (TPSA) is 84.0 Å². The summed E-state index contributed by atoms with van der Waals surface area (Å²) in [5, 5.41) is 14.7. The molecule has 0 atom stereocenters. The van der Waals surface area contributed by atoms with E-state index in [-0.39, 0.29) is 11.8 Å². The van der Waals surface area contributed by atoms with Crippen LogP contribution in [0.15, 0.2) is 18.2 Å². The molecule has 0 saturated heterocycles. The van der Waals surface area contributed by atoms with E-state index in [0.717, 1.165) is 22.7 Å². The molecule has 1 aliphatic heterocycles. The molecule has 6 nitrogen and oxygen atoms in total. The number of carbonyl (C=O) groups excluding carboxylic acids is 2. The zero-order chi connectivity index (χ0) is 14.1. The average molecular weight is 288 g/mol. The molecule has 0 bridgehead atoms. The minimum atomic E-state index is -0.244. The van der Waals surface area contributed by atoms with Crippen molar-refractivity contribution in [3.63, 3.8) is 0 Å². The maximum Gasteiger partial charge on any atom is 0.257 e. The Morgan fingerprint density at radius 2 is 2.30 bits per heavy atom. The largest absolute Gasteiger partial charge is 0.326 e. The number of rotatable bonds is 3. The number of nitrogens with zero attached hydrogens (tertiary/aromatic N) is 2. The standard InChI is InChI=1S/C13H12N4O2S/c1-2-11-16-17-13(20-11)15-12(19)7-3-4-9-8(5-7)6-10(18)14-9/h3-5H,2,6H2,1H3,(H,14,18)(H,15,17,19). The summed E-state index contributed by atoms with van der Waals surface area (Å²) in [4.78, 5) is 23.4. The van der Waals surface area contributed by atoms with Crippen molar-refractivity contribution in [3.8, 4) is 0 Å². The van der Waals surface area contributed by atoms with E-state index >= 15 is 0 Å². The molecule has 2 aromatic rings. The van der Waals surface area contributed by atoms with E-state index in [1.807, 2.05) is 6.92 Å². The van der Waals surface area contributed by atoms with Gasteiger partial charge in [0.2, 0.25) is 11.0 Å². The van der Waals surface area contributed by atoms with E-state index in [1.165, 1.54) is 11.3 Å². The van der Waals surface area contributed by atoms with E-state index in [2.05, 4.69) is 20.8 Å². The van der Waals surface area contributed by atoms with Crippen molar-refractivity contribution in [2.45, 2.75) is 19.8 Å². The molecule has 1 aliphatic rings. The van der Waals surface area contributed by atoms with E-state index in [0.29, 0.717) is 17.1 Å². The molecule has 0 saturated carbocycles. The third kappa shape index (κ3) is 2.39. The van der Waals surface area contributed by atoms with Crippen LogP contribution < -0.4 is 10.6 Å². The summed E-state index contributed by atoms with van der Waals surface area (Å²) in [6.07, 6.45) is 1.11. The first-order valence-corrected chi connectivity index (χ1v) is 7.04. The van der Waals surface area contributed by atoms with Gasteiger partial charge in [-0.25, -0.2) is 0 Å². The van der Waals surface area contributed by atoms with Gasteiger partial charge >= 0.3 is 0 Å². The minimum Gasteiger partial charge on any atom is -0.326 e. The monoisotopic (exact) mass is 288 g/mol. The summed E-state index contributed by atoms with van der Waals surface area (Å²) in [7, 11) is 0. The van der Waals surface area contributed by atoms with Crippen LogP contribution in [-0.2, 0) is 17.6 Å². The molecule has 2 amide bonds. The molecule has 0 unspecified atom stereocenters. The fourth-order valence-electron chi connectivity index (χ4n) is 1.99. The Labute approximate surface area is 119 Å².